The summed E-state index contributed by atoms with van der Waals surface area (Å²) in [7, 11) is 1.70. The van der Waals surface area contributed by atoms with Crippen LogP contribution in [0.3, 0.4) is 0 Å². The van der Waals surface area contributed by atoms with Gasteiger partial charge in [-0.3, -0.25) is 0 Å². The molecule has 3 nitrogen and oxygen atoms in total. The predicted octanol–water partition coefficient (Wildman–Crippen LogP) is 3.44. The SMILES string of the molecule is CCn1ccc(CNc2cc(C)ccc2OC)c1. The summed E-state index contributed by atoms with van der Waals surface area (Å²) in [6.07, 6.45) is 4.26. The Morgan fingerprint density at radius 2 is 2.11 bits per heavy atom. The summed E-state index contributed by atoms with van der Waals surface area (Å²) < 4.78 is 7.52. The average molecular weight is 244 g/mol. The molecule has 0 radical (unpaired) electrons. The largest absolute Gasteiger partial charge is 0.495 e. The minimum Gasteiger partial charge on any atom is -0.495 e. The second kappa shape index (κ2) is 5.63. The van der Waals surface area contributed by atoms with Crippen LogP contribution in [-0.4, -0.2) is 11.7 Å². The number of hydrogen-bond donors (Lipinski definition) is 1. The summed E-state index contributed by atoms with van der Waals surface area (Å²) >= 11 is 0. The average Bonchev–Trinajstić information content (AvgIpc) is 2.84. The first kappa shape index (κ1) is 12.6. The monoisotopic (exact) mass is 244 g/mol. The first-order chi connectivity index (χ1) is 8.72. The highest BCUT2D eigenvalue weighted by Crippen LogP contribution is 2.25. The Bertz CT molecular complexity index is 517. The Balaban J connectivity index is 2.07. The molecule has 0 aliphatic heterocycles. The number of aryl methyl sites for hydroxylation is 2. The van der Waals surface area contributed by atoms with Gasteiger partial charge in [0, 0.05) is 25.5 Å². The van der Waals surface area contributed by atoms with E-state index < -0.39 is 0 Å². The van der Waals surface area contributed by atoms with Crippen LogP contribution in [-0.2, 0) is 13.1 Å². The first-order valence-electron chi connectivity index (χ1n) is 6.26. The van der Waals surface area contributed by atoms with E-state index in [2.05, 4.69) is 54.3 Å². The number of anilines is 1. The molecule has 0 amide bonds. The molecule has 18 heavy (non-hydrogen) atoms. The van der Waals surface area contributed by atoms with Gasteiger partial charge in [-0.2, -0.15) is 0 Å². The van der Waals surface area contributed by atoms with E-state index in [1.807, 2.05) is 6.07 Å². The van der Waals surface area contributed by atoms with Crippen LogP contribution in [0.1, 0.15) is 18.1 Å². The maximum absolute atomic E-state index is 5.35. The van der Waals surface area contributed by atoms with Crippen molar-refractivity contribution in [3.05, 3.63) is 47.8 Å². The highest BCUT2D eigenvalue weighted by molar-refractivity contribution is 5.58. The lowest BCUT2D eigenvalue weighted by atomic mass is 10.2. The summed E-state index contributed by atoms with van der Waals surface area (Å²) in [6, 6.07) is 8.29. The second-order valence-electron chi connectivity index (χ2n) is 4.41. The molecule has 1 aromatic heterocycles. The number of nitrogens with one attached hydrogen (secondary N) is 1. The van der Waals surface area contributed by atoms with Crippen LogP contribution in [0.2, 0.25) is 0 Å². The van der Waals surface area contributed by atoms with E-state index in [1.54, 1.807) is 7.11 Å². The van der Waals surface area contributed by atoms with Crippen molar-refractivity contribution < 1.29 is 4.74 Å². The highest BCUT2D eigenvalue weighted by atomic mass is 16.5. The fourth-order valence-corrected chi connectivity index (χ4v) is 1.95. The van der Waals surface area contributed by atoms with E-state index in [-0.39, 0.29) is 0 Å². The number of rotatable bonds is 5. The number of ether oxygens (including phenoxy) is 1. The summed E-state index contributed by atoms with van der Waals surface area (Å²) in [4.78, 5) is 0. The minimum absolute atomic E-state index is 0.812. The fraction of sp³-hybridized carbons (Fsp3) is 0.333. The number of nitrogens with zero attached hydrogens (tertiary/aromatic N) is 1. The molecule has 2 rings (SSSR count). The van der Waals surface area contributed by atoms with E-state index in [9.17, 15) is 0 Å². The standard InChI is InChI=1S/C15H20N2O/c1-4-17-8-7-13(11-17)10-16-14-9-12(2)5-6-15(14)18-3/h5-9,11,16H,4,10H2,1-3H3. The topological polar surface area (TPSA) is 26.2 Å². The van der Waals surface area contributed by atoms with Gasteiger partial charge in [-0.1, -0.05) is 6.07 Å². The number of methoxy groups -OCH3 is 1. The van der Waals surface area contributed by atoms with Crippen molar-refractivity contribution in [1.82, 2.24) is 4.57 Å². The summed E-state index contributed by atoms with van der Waals surface area (Å²) in [6.45, 7) is 6.04. The molecule has 2 aromatic rings. The Kier molecular flexibility index (Phi) is 3.92. The van der Waals surface area contributed by atoms with Crippen molar-refractivity contribution in [3.63, 3.8) is 0 Å². The van der Waals surface area contributed by atoms with Crippen molar-refractivity contribution in [2.75, 3.05) is 12.4 Å². The third-order valence-corrected chi connectivity index (χ3v) is 3.01. The van der Waals surface area contributed by atoms with Crippen molar-refractivity contribution in [1.29, 1.82) is 0 Å². The molecule has 0 saturated carbocycles. The summed E-state index contributed by atoms with van der Waals surface area (Å²) in [5.74, 6) is 0.885. The van der Waals surface area contributed by atoms with E-state index in [0.29, 0.717) is 0 Å². The van der Waals surface area contributed by atoms with Gasteiger partial charge < -0.3 is 14.6 Å². The van der Waals surface area contributed by atoms with Crippen LogP contribution in [0.15, 0.2) is 36.7 Å². The lowest BCUT2D eigenvalue weighted by Gasteiger charge is -2.11. The quantitative estimate of drug-likeness (QED) is 0.872. The molecule has 1 heterocycles. The molecule has 0 atom stereocenters. The van der Waals surface area contributed by atoms with E-state index in [0.717, 1.165) is 24.5 Å². The Morgan fingerprint density at radius 1 is 1.28 bits per heavy atom. The molecule has 0 saturated heterocycles. The second-order valence-corrected chi connectivity index (χ2v) is 4.41. The number of hydrogen-bond acceptors (Lipinski definition) is 2. The van der Waals surface area contributed by atoms with Gasteiger partial charge in [0.2, 0.25) is 0 Å². The van der Waals surface area contributed by atoms with Crippen LogP contribution in [0.4, 0.5) is 5.69 Å². The smallest absolute Gasteiger partial charge is 0.141 e. The zero-order chi connectivity index (χ0) is 13.0. The predicted molar refractivity (Wildman–Crippen MR) is 75.2 cm³/mol. The fourth-order valence-electron chi connectivity index (χ4n) is 1.95. The Labute approximate surface area is 108 Å². The molecule has 0 aliphatic carbocycles. The molecular weight excluding hydrogens is 224 g/mol. The third kappa shape index (κ3) is 2.86. The van der Waals surface area contributed by atoms with Gasteiger partial charge in [-0.25, -0.2) is 0 Å². The molecule has 3 heteroatoms. The van der Waals surface area contributed by atoms with Gasteiger partial charge in [0.25, 0.3) is 0 Å². The summed E-state index contributed by atoms with van der Waals surface area (Å²) in [5.41, 5.74) is 3.55. The first-order valence-corrected chi connectivity index (χ1v) is 6.26. The van der Waals surface area contributed by atoms with E-state index in [1.165, 1.54) is 11.1 Å². The number of aromatic nitrogens is 1. The molecule has 0 aliphatic rings. The van der Waals surface area contributed by atoms with Gasteiger partial charge >= 0.3 is 0 Å². The number of benzene rings is 1. The third-order valence-electron chi connectivity index (χ3n) is 3.01. The normalized spacial score (nSPS) is 10.4. The molecule has 0 bridgehead atoms. The molecule has 0 unspecified atom stereocenters. The van der Waals surface area contributed by atoms with Crippen LogP contribution >= 0.6 is 0 Å². The van der Waals surface area contributed by atoms with Crippen molar-refractivity contribution in [2.24, 2.45) is 0 Å². The van der Waals surface area contributed by atoms with Crippen LogP contribution in [0, 0.1) is 6.92 Å². The summed E-state index contributed by atoms with van der Waals surface area (Å²) in [5, 5.41) is 3.42. The van der Waals surface area contributed by atoms with E-state index in [4.69, 9.17) is 4.74 Å². The zero-order valence-corrected chi connectivity index (χ0v) is 11.2. The molecule has 1 N–H and O–H groups in total. The van der Waals surface area contributed by atoms with E-state index >= 15 is 0 Å². The Morgan fingerprint density at radius 3 is 2.78 bits per heavy atom. The molecule has 0 fully saturated rings. The highest BCUT2D eigenvalue weighted by Gasteiger charge is 2.03. The Hall–Kier alpha value is -1.90. The van der Waals surface area contributed by atoms with Gasteiger partial charge in [-0.05, 0) is 43.2 Å². The zero-order valence-electron chi connectivity index (χ0n) is 11.2. The molecule has 0 spiro atoms. The lowest BCUT2D eigenvalue weighted by Crippen LogP contribution is -2.01. The van der Waals surface area contributed by atoms with Gasteiger partial charge in [0.05, 0.1) is 12.8 Å². The maximum atomic E-state index is 5.35. The van der Waals surface area contributed by atoms with Gasteiger partial charge in [0.15, 0.2) is 0 Å². The molecule has 1 aromatic carbocycles. The van der Waals surface area contributed by atoms with Crippen molar-refractivity contribution >= 4 is 5.69 Å². The molecular formula is C15H20N2O. The maximum Gasteiger partial charge on any atom is 0.141 e. The van der Waals surface area contributed by atoms with Crippen molar-refractivity contribution in [2.45, 2.75) is 26.9 Å². The minimum atomic E-state index is 0.812. The van der Waals surface area contributed by atoms with Crippen LogP contribution < -0.4 is 10.1 Å². The molecule has 96 valence electrons. The van der Waals surface area contributed by atoms with Crippen LogP contribution in [0.25, 0.3) is 0 Å². The van der Waals surface area contributed by atoms with Gasteiger partial charge in [0.1, 0.15) is 5.75 Å². The lowest BCUT2D eigenvalue weighted by molar-refractivity contribution is 0.416. The van der Waals surface area contributed by atoms with Gasteiger partial charge in [-0.15, -0.1) is 0 Å². The van der Waals surface area contributed by atoms with Crippen LogP contribution in [0.5, 0.6) is 5.75 Å². The van der Waals surface area contributed by atoms with Crippen molar-refractivity contribution in [3.8, 4) is 5.75 Å².